The van der Waals surface area contributed by atoms with Crippen molar-refractivity contribution >= 4 is 40.3 Å². The maximum absolute atomic E-state index is 12.9. The Kier molecular flexibility index (Phi) is 6.46. The van der Waals surface area contributed by atoms with Crippen LogP contribution in [0.3, 0.4) is 0 Å². The van der Waals surface area contributed by atoms with Crippen LogP contribution in [0.2, 0.25) is 5.02 Å². The molecule has 9 nitrogen and oxygen atoms in total. The number of carbonyl (C=O) groups is 2. The molecule has 0 fully saturated rings. The predicted octanol–water partition coefficient (Wildman–Crippen LogP) is 5.77. The summed E-state index contributed by atoms with van der Waals surface area (Å²) in [6.07, 6.45) is 3.76. The van der Waals surface area contributed by atoms with Crippen LogP contribution in [0.4, 0.5) is 5.82 Å². The van der Waals surface area contributed by atoms with Gasteiger partial charge < -0.3 is 18.9 Å². The Balaban J connectivity index is 1.41. The number of amides is 1. The molecule has 1 amide bonds. The second kappa shape index (κ2) is 10.0. The molecule has 1 unspecified atom stereocenters. The lowest BCUT2D eigenvalue weighted by Crippen LogP contribution is -2.32. The van der Waals surface area contributed by atoms with Crippen LogP contribution in [0.5, 0.6) is 0 Å². The zero-order valence-electron chi connectivity index (χ0n) is 19.0. The highest BCUT2D eigenvalue weighted by Crippen LogP contribution is 2.31. The lowest BCUT2D eigenvalue weighted by Gasteiger charge is -2.16. The molecule has 5 aromatic rings. The lowest BCUT2D eigenvalue weighted by molar-refractivity contribution is -0.124. The monoisotopic (exact) mass is 502 g/mol. The van der Waals surface area contributed by atoms with Gasteiger partial charge in [0.15, 0.2) is 17.6 Å². The van der Waals surface area contributed by atoms with Crippen LogP contribution in [0.25, 0.3) is 33.9 Å². The Morgan fingerprint density at radius 3 is 2.25 bits per heavy atom. The highest BCUT2D eigenvalue weighted by Gasteiger charge is 2.23. The number of hydrogen-bond acceptors (Lipinski definition) is 8. The standard InChI is InChI=1S/C26H19ClN4O5/c1-2-19(25(32)31-22-10-8-16(27)14-28-22)36-26(33)15-7-9-17-18(13-15)30-24(21-6-4-12-35-21)23(29-17)20-5-3-11-34-20/h3-14,19H,2H2,1H3,(H,28,31,32). The number of furan rings is 2. The molecule has 36 heavy (non-hydrogen) atoms. The van der Waals surface area contributed by atoms with Gasteiger partial charge in [-0.1, -0.05) is 18.5 Å². The van der Waals surface area contributed by atoms with Crippen LogP contribution in [0.15, 0.2) is 82.2 Å². The molecule has 4 heterocycles. The average molecular weight is 503 g/mol. The van der Waals surface area contributed by atoms with E-state index in [4.69, 9.17) is 30.2 Å². The molecule has 0 bridgehead atoms. The Morgan fingerprint density at radius 2 is 1.67 bits per heavy atom. The van der Waals surface area contributed by atoms with E-state index in [1.807, 2.05) is 0 Å². The van der Waals surface area contributed by atoms with Crippen molar-refractivity contribution in [2.24, 2.45) is 0 Å². The van der Waals surface area contributed by atoms with Gasteiger partial charge in [0.2, 0.25) is 0 Å². The van der Waals surface area contributed by atoms with Gasteiger partial charge >= 0.3 is 5.97 Å². The summed E-state index contributed by atoms with van der Waals surface area (Å²) in [5.74, 6) is 0.176. The average Bonchev–Trinajstić information content (AvgIpc) is 3.62. The molecular weight excluding hydrogens is 484 g/mol. The van der Waals surface area contributed by atoms with Gasteiger partial charge in [-0.05, 0) is 61.0 Å². The van der Waals surface area contributed by atoms with Crippen molar-refractivity contribution in [3.05, 3.63) is 83.9 Å². The summed E-state index contributed by atoms with van der Waals surface area (Å²) in [6.45, 7) is 1.74. The number of benzene rings is 1. The van der Waals surface area contributed by atoms with E-state index in [9.17, 15) is 9.59 Å². The third-order valence-corrected chi connectivity index (χ3v) is 5.52. The molecule has 5 rings (SSSR count). The minimum atomic E-state index is -1.02. The van der Waals surface area contributed by atoms with Crippen LogP contribution < -0.4 is 5.32 Å². The Labute approximate surface area is 210 Å². The number of hydrogen-bond donors (Lipinski definition) is 1. The number of rotatable bonds is 7. The molecular formula is C26H19ClN4O5. The van der Waals surface area contributed by atoms with Crippen molar-refractivity contribution < 1.29 is 23.2 Å². The van der Waals surface area contributed by atoms with Gasteiger partial charge in [0.1, 0.15) is 17.2 Å². The minimum absolute atomic E-state index is 0.226. The van der Waals surface area contributed by atoms with Crippen molar-refractivity contribution in [3.63, 3.8) is 0 Å². The Bertz CT molecular complexity index is 1520. The number of halogens is 1. The molecule has 1 N–H and O–H groups in total. The SMILES string of the molecule is CCC(OC(=O)c1ccc2nc(-c3ccco3)c(-c3ccco3)nc2c1)C(=O)Nc1ccc(Cl)cn1. The number of anilines is 1. The fourth-order valence-corrected chi connectivity index (χ4v) is 3.64. The maximum atomic E-state index is 12.9. The number of esters is 1. The molecule has 0 saturated carbocycles. The Morgan fingerprint density at radius 1 is 0.972 bits per heavy atom. The van der Waals surface area contributed by atoms with Gasteiger partial charge in [-0.15, -0.1) is 0 Å². The lowest BCUT2D eigenvalue weighted by atomic mass is 10.1. The van der Waals surface area contributed by atoms with Crippen molar-refractivity contribution in [2.75, 3.05) is 5.32 Å². The second-order valence-corrected chi connectivity index (χ2v) is 8.17. The minimum Gasteiger partial charge on any atom is -0.463 e. The van der Waals surface area contributed by atoms with Gasteiger partial charge in [-0.3, -0.25) is 4.79 Å². The topological polar surface area (TPSA) is 120 Å². The first-order valence-electron chi connectivity index (χ1n) is 11.0. The van der Waals surface area contributed by atoms with E-state index in [-0.39, 0.29) is 12.0 Å². The summed E-state index contributed by atoms with van der Waals surface area (Å²) in [5.41, 5.74) is 2.20. The van der Waals surface area contributed by atoms with Crippen LogP contribution in [-0.4, -0.2) is 32.9 Å². The first-order valence-corrected chi connectivity index (χ1v) is 11.4. The number of nitrogens with one attached hydrogen (secondary N) is 1. The zero-order chi connectivity index (χ0) is 25.1. The molecule has 1 aromatic carbocycles. The van der Waals surface area contributed by atoms with Gasteiger partial charge in [0.25, 0.3) is 5.91 Å². The van der Waals surface area contributed by atoms with E-state index in [2.05, 4.69) is 15.3 Å². The summed E-state index contributed by atoms with van der Waals surface area (Å²) < 4.78 is 16.6. The van der Waals surface area contributed by atoms with E-state index in [0.717, 1.165) is 0 Å². The normalized spacial score (nSPS) is 11.8. The van der Waals surface area contributed by atoms with Crippen LogP contribution in [0.1, 0.15) is 23.7 Å². The molecule has 4 aromatic heterocycles. The second-order valence-electron chi connectivity index (χ2n) is 7.73. The van der Waals surface area contributed by atoms with Crippen LogP contribution in [-0.2, 0) is 9.53 Å². The summed E-state index contributed by atoms with van der Waals surface area (Å²) in [5, 5.41) is 3.06. The fraction of sp³-hybridized carbons (Fsp3) is 0.115. The van der Waals surface area contributed by atoms with Crippen molar-refractivity contribution in [1.82, 2.24) is 15.0 Å². The Hall–Kier alpha value is -4.50. The first kappa shape index (κ1) is 23.3. The molecule has 0 aliphatic heterocycles. The van der Waals surface area contributed by atoms with Gasteiger partial charge in [0, 0.05) is 6.20 Å². The molecule has 0 aliphatic carbocycles. The molecule has 180 valence electrons. The highest BCUT2D eigenvalue weighted by atomic mass is 35.5. The van der Waals surface area contributed by atoms with Gasteiger partial charge in [-0.2, -0.15) is 0 Å². The van der Waals surface area contributed by atoms with E-state index >= 15 is 0 Å². The number of ether oxygens (including phenoxy) is 1. The third kappa shape index (κ3) is 4.82. The number of nitrogens with zero attached hydrogens (tertiary/aromatic N) is 3. The van der Waals surface area contributed by atoms with Crippen molar-refractivity contribution in [3.8, 4) is 22.9 Å². The van der Waals surface area contributed by atoms with Crippen LogP contribution in [0, 0.1) is 0 Å². The summed E-state index contributed by atoms with van der Waals surface area (Å²) in [7, 11) is 0. The number of pyridine rings is 1. The molecule has 0 saturated heterocycles. The quantitative estimate of drug-likeness (QED) is 0.278. The predicted molar refractivity (Wildman–Crippen MR) is 132 cm³/mol. The summed E-state index contributed by atoms with van der Waals surface area (Å²) in [4.78, 5) is 38.9. The zero-order valence-corrected chi connectivity index (χ0v) is 19.7. The van der Waals surface area contributed by atoms with Crippen molar-refractivity contribution in [1.29, 1.82) is 0 Å². The van der Waals surface area contributed by atoms with Crippen molar-refractivity contribution in [2.45, 2.75) is 19.4 Å². The first-order chi connectivity index (χ1) is 17.5. The molecule has 10 heteroatoms. The van der Waals surface area contributed by atoms with Crippen LogP contribution >= 0.6 is 11.6 Å². The molecule has 0 radical (unpaired) electrons. The van der Waals surface area contributed by atoms with E-state index < -0.39 is 18.0 Å². The van der Waals surface area contributed by atoms with Gasteiger partial charge in [-0.25, -0.2) is 19.7 Å². The molecule has 0 spiro atoms. The number of fused-ring (bicyclic) bond motifs is 1. The highest BCUT2D eigenvalue weighted by molar-refractivity contribution is 6.30. The summed E-state index contributed by atoms with van der Waals surface area (Å²) in [6, 6.07) is 15.0. The molecule has 1 atom stereocenters. The van der Waals surface area contributed by atoms with Gasteiger partial charge in [0.05, 0.1) is 34.1 Å². The molecule has 0 aliphatic rings. The number of aromatic nitrogens is 3. The fourth-order valence-electron chi connectivity index (χ4n) is 3.53. The van der Waals surface area contributed by atoms with E-state index in [1.54, 1.807) is 67.8 Å². The summed E-state index contributed by atoms with van der Waals surface area (Å²) >= 11 is 5.83. The number of carbonyl (C=O) groups excluding carboxylic acids is 2. The smallest absolute Gasteiger partial charge is 0.338 e. The van der Waals surface area contributed by atoms with E-state index in [1.165, 1.54) is 12.5 Å². The maximum Gasteiger partial charge on any atom is 0.338 e. The third-order valence-electron chi connectivity index (χ3n) is 5.30. The largest absolute Gasteiger partial charge is 0.463 e. The van der Waals surface area contributed by atoms with E-state index in [0.29, 0.717) is 44.8 Å².